The van der Waals surface area contributed by atoms with Gasteiger partial charge in [-0.1, -0.05) is 13.0 Å². The van der Waals surface area contributed by atoms with Gasteiger partial charge >= 0.3 is 5.97 Å². The predicted octanol–water partition coefficient (Wildman–Crippen LogP) is 1.34. The molecule has 1 aliphatic heterocycles. The van der Waals surface area contributed by atoms with Gasteiger partial charge in [-0.15, -0.1) is 0 Å². The summed E-state index contributed by atoms with van der Waals surface area (Å²) < 4.78 is 0. The van der Waals surface area contributed by atoms with Crippen molar-refractivity contribution in [3.63, 3.8) is 0 Å². The van der Waals surface area contributed by atoms with Crippen LogP contribution in [0.4, 0.5) is 0 Å². The van der Waals surface area contributed by atoms with Gasteiger partial charge in [0.25, 0.3) is 0 Å². The van der Waals surface area contributed by atoms with Gasteiger partial charge in [-0.05, 0) is 24.5 Å². The Morgan fingerprint density at radius 3 is 2.84 bits per heavy atom. The third-order valence-corrected chi connectivity index (χ3v) is 3.92. The molecule has 0 saturated carbocycles. The number of carboxylic acids is 1. The molecule has 102 valence electrons. The summed E-state index contributed by atoms with van der Waals surface area (Å²) >= 11 is 0. The van der Waals surface area contributed by atoms with Crippen LogP contribution in [0.25, 0.3) is 0 Å². The minimum Gasteiger partial charge on any atom is -0.481 e. The number of amides is 1. The van der Waals surface area contributed by atoms with Gasteiger partial charge in [-0.2, -0.15) is 0 Å². The molecule has 1 atom stereocenters. The Bertz CT molecular complexity index is 475. The number of likely N-dealkylation sites (tertiary alicyclic amines) is 1. The minimum absolute atomic E-state index is 0.0235. The summed E-state index contributed by atoms with van der Waals surface area (Å²) in [6.07, 6.45) is 4.71. The molecule has 0 bridgehead atoms. The highest BCUT2D eigenvalue weighted by Gasteiger charge is 2.44. The molecule has 1 fully saturated rings. The zero-order valence-electron chi connectivity index (χ0n) is 11.0. The van der Waals surface area contributed by atoms with Crippen molar-refractivity contribution in [1.29, 1.82) is 0 Å². The Morgan fingerprint density at radius 1 is 1.53 bits per heavy atom. The SMILES string of the molecule is CCC1(C(=O)O)CCN(C(=O)Cc2cccnc2)C1. The van der Waals surface area contributed by atoms with Crippen molar-refractivity contribution in [3.05, 3.63) is 30.1 Å². The third kappa shape index (κ3) is 2.75. The monoisotopic (exact) mass is 262 g/mol. The number of hydrogen-bond donors (Lipinski definition) is 1. The van der Waals surface area contributed by atoms with Crippen LogP contribution >= 0.6 is 0 Å². The van der Waals surface area contributed by atoms with E-state index in [1.54, 1.807) is 23.4 Å². The summed E-state index contributed by atoms with van der Waals surface area (Å²) in [5.41, 5.74) is 0.0988. The number of carboxylic acid groups (broad SMARTS) is 1. The third-order valence-electron chi connectivity index (χ3n) is 3.92. The molecule has 1 N–H and O–H groups in total. The molecule has 5 nitrogen and oxygen atoms in total. The van der Waals surface area contributed by atoms with Crippen molar-refractivity contribution < 1.29 is 14.7 Å². The van der Waals surface area contributed by atoms with E-state index in [0.717, 1.165) is 5.56 Å². The first kappa shape index (κ1) is 13.5. The summed E-state index contributed by atoms with van der Waals surface area (Å²) in [5.74, 6) is -0.823. The zero-order chi connectivity index (χ0) is 13.9. The average molecular weight is 262 g/mol. The molecule has 1 saturated heterocycles. The molecule has 5 heteroatoms. The normalized spacial score (nSPS) is 22.5. The maximum atomic E-state index is 12.1. The van der Waals surface area contributed by atoms with Crippen LogP contribution in [-0.4, -0.2) is 40.0 Å². The van der Waals surface area contributed by atoms with Crippen molar-refractivity contribution in [3.8, 4) is 0 Å². The van der Waals surface area contributed by atoms with Gasteiger partial charge in [0.2, 0.25) is 5.91 Å². The van der Waals surface area contributed by atoms with Crippen molar-refractivity contribution in [2.75, 3.05) is 13.1 Å². The van der Waals surface area contributed by atoms with E-state index < -0.39 is 11.4 Å². The lowest BCUT2D eigenvalue weighted by atomic mass is 9.84. The number of carbonyl (C=O) groups excluding carboxylic acids is 1. The van der Waals surface area contributed by atoms with Crippen LogP contribution in [0.5, 0.6) is 0 Å². The molecule has 2 rings (SSSR count). The molecular formula is C14H18N2O3. The van der Waals surface area contributed by atoms with E-state index in [2.05, 4.69) is 4.98 Å². The van der Waals surface area contributed by atoms with Gasteiger partial charge in [0.05, 0.1) is 11.8 Å². The largest absolute Gasteiger partial charge is 0.481 e. The highest BCUT2D eigenvalue weighted by atomic mass is 16.4. The number of aliphatic carboxylic acids is 1. The van der Waals surface area contributed by atoms with Crippen LogP contribution in [0.2, 0.25) is 0 Å². The first-order valence-corrected chi connectivity index (χ1v) is 6.47. The maximum absolute atomic E-state index is 12.1. The van der Waals surface area contributed by atoms with Crippen molar-refractivity contribution >= 4 is 11.9 Å². The summed E-state index contributed by atoms with van der Waals surface area (Å²) in [7, 11) is 0. The molecule has 2 heterocycles. The van der Waals surface area contributed by atoms with Crippen molar-refractivity contribution in [2.24, 2.45) is 5.41 Å². The van der Waals surface area contributed by atoms with Crippen LogP contribution in [-0.2, 0) is 16.0 Å². The van der Waals surface area contributed by atoms with E-state index in [4.69, 9.17) is 0 Å². The summed E-state index contributed by atoms with van der Waals surface area (Å²) in [5, 5.41) is 9.31. The van der Waals surface area contributed by atoms with Gasteiger partial charge in [-0.3, -0.25) is 14.6 Å². The molecule has 19 heavy (non-hydrogen) atoms. The second kappa shape index (κ2) is 5.38. The number of rotatable bonds is 4. The Kier molecular flexibility index (Phi) is 3.83. The van der Waals surface area contributed by atoms with Crippen LogP contribution in [0.3, 0.4) is 0 Å². The predicted molar refractivity (Wildman–Crippen MR) is 69.5 cm³/mol. The second-order valence-corrected chi connectivity index (χ2v) is 5.04. The molecule has 1 aliphatic rings. The van der Waals surface area contributed by atoms with Crippen LogP contribution in [0.15, 0.2) is 24.5 Å². The molecule has 1 amide bonds. The zero-order valence-corrected chi connectivity index (χ0v) is 11.0. The highest BCUT2D eigenvalue weighted by Crippen LogP contribution is 2.34. The van der Waals surface area contributed by atoms with Crippen LogP contribution in [0, 0.1) is 5.41 Å². The minimum atomic E-state index is -0.799. The van der Waals surface area contributed by atoms with Gasteiger partial charge in [-0.25, -0.2) is 0 Å². The Hall–Kier alpha value is -1.91. The first-order valence-electron chi connectivity index (χ1n) is 6.47. The number of carbonyl (C=O) groups is 2. The summed E-state index contributed by atoms with van der Waals surface area (Å²) in [6.45, 7) is 2.71. The standard InChI is InChI=1S/C14H18N2O3/c1-2-14(13(18)19)5-7-16(10-14)12(17)8-11-4-3-6-15-9-11/h3-4,6,9H,2,5,7-8,10H2,1H3,(H,18,19). The fourth-order valence-electron chi connectivity index (χ4n) is 2.49. The second-order valence-electron chi connectivity index (χ2n) is 5.04. The van der Waals surface area contributed by atoms with Gasteiger partial charge in [0, 0.05) is 25.5 Å². The fraction of sp³-hybridized carbons (Fsp3) is 0.500. The van der Waals surface area contributed by atoms with Crippen LogP contribution in [0.1, 0.15) is 25.3 Å². The van der Waals surface area contributed by atoms with E-state index in [1.807, 2.05) is 13.0 Å². The Morgan fingerprint density at radius 2 is 2.32 bits per heavy atom. The number of nitrogens with zero attached hydrogens (tertiary/aromatic N) is 2. The Balaban J connectivity index is 2.01. The van der Waals surface area contributed by atoms with Gasteiger partial charge < -0.3 is 10.0 Å². The lowest BCUT2D eigenvalue weighted by Crippen LogP contribution is -2.37. The molecular weight excluding hydrogens is 244 g/mol. The molecule has 0 aliphatic carbocycles. The van der Waals surface area contributed by atoms with Crippen LogP contribution < -0.4 is 0 Å². The smallest absolute Gasteiger partial charge is 0.311 e. The van der Waals surface area contributed by atoms with Gasteiger partial charge in [0.15, 0.2) is 0 Å². The molecule has 0 aromatic carbocycles. The lowest BCUT2D eigenvalue weighted by Gasteiger charge is -2.23. The number of hydrogen-bond acceptors (Lipinski definition) is 3. The number of pyridine rings is 1. The lowest BCUT2D eigenvalue weighted by molar-refractivity contribution is -0.148. The maximum Gasteiger partial charge on any atom is 0.311 e. The summed E-state index contributed by atoms with van der Waals surface area (Å²) in [4.78, 5) is 29.1. The van der Waals surface area contributed by atoms with E-state index >= 15 is 0 Å². The van der Waals surface area contributed by atoms with E-state index in [-0.39, 0.29) is 12.3 Å². The van der Waals surface area contributed by atoms with E-state index in [9.17, 15) is 14.7 Å². The highest BCUT2D eigenvalue weighted by molar-refractivity contribution is 5.82. The first-order chi connectivity index (χ1) is 9.07. The van der Waals surface area contributed by atoms with Gasteiger partial charge in [0.1, 0.15) is 0 Å². The van der Waals surface area contributed by atoms with E-state index in [0.29, 0.717) is 25.9 Å². The van der Waals surface area contributed by atoms with Crippen molar-refractivity contribution in [2.45, 2.75) is 26.2 Å². The molecule has 0 spiro atoms. The Labute approximate surface area is 112 Å². The van der Waals surface area contributed by atoms with E-state index in [1.165, 1.54) is 0 Å². The topological polar surface area (TPSA) is 70.5 Å². The number of aromatic nitrogens is 1. The van der Waals surface area contributed by atoms with Crippen molar-refractivity contribution in [1.82, 2.24) is 9.88 Å². The quantitative estimate of drug-likeness (QED) is 0.888. The average Bonchev–Trinajstić information content (AvgIpc) is 2.86. The molecule has 1 aromatic rings. The molecule has 0 radical (unpaired) electrons. The summed E-state index contributed by atoms with van der Waals surface area (Å²) in [6, 6.07) is 3.64. The fourth-order valence-corrected chi connectivity index (χ4v) is 2.49. The molecule has 1 aromatic heterocycles. The molecule has 1 unspecified atom stereocenters.